The summed E-state index contributed by atoms with van der Waals surface area (Å²) in [7, 11) is 0. The lowest BCUT2D eigenvalue weighted by Crippen LogP contribution is -2.29. The van der Waals surface area contributed by atoms with Crippen molar-refractivity contribution in [2.24, 2.45) is 0 Å². The van der Waals surface area contributed by atoms with Crippen LogP contribution in [0.25, 0.3) is 5.69 Å². The lowest BCUT2D eigenvalue weighted by atomic mass is 10.1. The molecule has 0 aliphatic heterocycles. The van der Waals surface area contributed by atoms with Gasteiger partial charge in [0.05, 0.1) is 18.0 Å². The molecule has 1 amide bonds. The molecule has 1 aromatic heterocycles. The number of carbonyl (C=O) groups excluding carboxylic acids is 1. The van der Waals surface area contributed by atoms with Crippen molar-refractivity contribution in [3.8, 4) is 11.4 Å². The van der Waals surface area contributed by atoms with Gasteiger partial charge in [0.15, 0.2) is 5.16 Å². The molecule has 8 heteroatoms. The fraction of sp³-hybridized carbons (Fsp3) is 0.286. The summed E-state index contributed by atoms with van der Waals surface area (Å²) >= 11 is 7.37. The van der Waals surface area contributed by atoms with E-state index in [1.807, 2.05) is 24.3 Å². The second-order valence-electron chi connectivity index (χ2n) is 6.73. The van der Waals surface area contributed by atoms with E-state index in [0.29, 0.717) is 23.3 Å². The highest BCUT2D eigenvalue weighted by molar-refractivity contribution is 7.99. The molecule has 150 valence electrons. The molecule has 1 heterocycles. The summed E-state index contributed by atoms with van der Waals surface area (Å²) in [4.78, 5) is 12.1. The number of rotatable bonds is 8. The van der Waals surface area contributed by atoms with Crippen LogP contribution in [0.5, 0.6) is 5.75 Å². The van der Waals surface area contributed by atoms with Crippen LogP contribution < -0.4 is 10.1 Å². The topological polar surface area (TPSA) is 69.0 Å². The Kier molecular flexibility index (Phi) is 6.36. The third-order valence-electron chi connectivity index (χ3n) is 4.70. The van der Waals surface area contributed by atoms with Crippen molar-refractivity contribution in [3.63, 3.8) is 0 Å². The smallest absolute Gasteiger partial charge is 0.230 e. The number of hydrogen-bond acceptors (Lipinski definition) is 5. The Hall–Kier alpha value is -2.51. The van der Waals surface area contributed by atoms with E-state index in [0.717, 1.165) is 24.3 Å². The molecule has 1 N–H and O–H groups in total. The lowest BCUT2D eigenvalue weighted by molar-refractivity contribution is -0.118. The molecule has 0 saturated carbocycles. The predicted octanol–water partition coefficient (Wildman–Crippen LogP) is 3.70. The number of aryl methyl sites for hydroxylation is 2. The Labute approximate surface area is 178 Å². The monoisotopic (exact) mass is 428 g/mol. The van der Waals surface area contributed by atoms with E-state index in [9.17, 15) is 4.79 Å². The molecule has 6 nitrogen and oxygen atoms in total. The van der Waals surface area contributed by atoms with Gasteiger partial charge in [-0.05, 0) is 60.7 Å². The zero-order valence-electron chi connectivity index (χ0n) is 15.8. The van der Waals surface area contributed by atoms with E-state index in [1.165, 1.54) is 29.3 Å². The molecule has 0 atom stereocenters. The van der Waals surface area contributed by atoms with Crippen molar-refractivity contribution < 1.29 is 9.53 Å². The summed E-state index contributed by atoms with van der Waals surface area (Å²) < 4.78 is 7.57. The average Bonchev–Trinajstić information content (AvgIpc) is 3.38. The minimum Gasteiger partial charge on any atom is -0.492 e. The normalized spacial score (nSPS) is 12.6. The fourth-order valence-corrected chi connectivity index (χ4v) is 4.25. The second kappa shape index (κ2) is 9.33. The first-order valence-corrected chi connectivity index (χ1v) is 10.9. The molecule has 1 aliphatic rings. The fourth-order valence-electron chi connectivity index (χ4n) is 3.30. The van der Waals surface area contributed by atoms with Crippen LogP contribution >= 0.6 is 23.4 Å². The van der Waals surface area contributed by atoms with Gasteiger partial charge in [0.2, 0.25) is 5.91 Å². The quantitative estimate of drug-likeness (QED) is 0.437. The number of aromatic nitrogens is 3. The molecule has 0 radical (unpaired) electrons. The van der Waals surface area contributed by atoms with Gasteiger partial charge in [0.1, 0.15) is 18.7 Å². The van der Waals surface area contributed by atoms with E-state index in [2.05, 4.69) is 27.6 Å². The number of benzene rings is 2. The van der Waals surface area contributed by atoms with Gasteiger partial charge < -0.3 is 10.1 Å². The highest BCUT2D eigenvalue weighted by Gasteiger charge is 2.12. The first kappa shape index (κ1) is 19.8. The lowest BCUT2D eigenvalue weighted by Gasteiger charge is -2.09. The summed E-state index contributed by atoms with van der Waals surface area (Å²) in [6.45, 7) is 0.894. The van der Waals surface area contributed by atoms with Gasteiger partial charge in [0.25, 0.3) is 0 Å². The molecular formula is C21H21ClN4O2S. The van der Waals surface area contributed by atoms with Crippen molar-refractivity contribution in [2.45, 2.75) is 24.4 Å². The molecule has 29 heavy (non-hydrogen) atoms. The minimum absolute atomic E-state index is 0.0757. The van der Waals surface area contributed by atoms with Gasteiger partial charge in [-0.3, -0.25) is 9.36 Å². The third-order valence-corrected chi connectivity index (χ3v) is 5.88. The molecule has 2 aromatic carbocycles. The number of fused-ring (bicyclic) bond motifs is 1. The maximum absolute atomic E-state index is 12.1. The van der Waals surface area contributed by atoms with Crippen molar-refractivity contribution in [3.05, 3.63) is 64.9 Å². The second-order valence-corrected chi connectivity index (χ2v) is 8.11. The number of nitrogens with zero attached hydrogens (tertiary/aromatic N) is 3. The van der Waals surface area contributed by atoms with Crippen LogP contribution in [0.4, 0.5) is 0 Å². The van der Waals surface area contributed by atoms with Crippen molar-refractivity contribution >= 4 is 29.3 Å². The molecule has 0 unspecified atom stereocenters. The number of thioether (sulfide) groups is 1. The zero-order chi connectivity index (χ0) is 20.1. The van der Waals surface area contributed by atoms with Crippen LogP contribution in [-0.2, 0) is 17.6 Å². The maximum Gasteiger partial charge on any atom is 0.230 e. The van der Waals surface area contributed by atoms with Crippen LogP contribution in [0.1, 0.15) is 17.5 Å². The Balaban J connectivity index is 1.21. The SMILES string of the molecule is O=C(CSc1nncn1-c1cccc(Cl)c1)NCCOc1ccc2c(c1)CCC2. The standard InChI is InChI=1S/C21H21ClN4O2S/c22-17-5-2-6-18(12-17)26-14-24-25-21(26)29-13-20(27)23-9-10-28-19-8-7-15-3-1-4-16(15)11-19/h2,5-8,11-12,14H,1,3-4,9-10,13H2,(H,23,27). The first-order valence-electron chi connectivity index (χ1n) is 9.49. The number of nitrogens with one attached hydrogen (secondary N) is 1. The van der Waals surface area contributed by atoms with Gasteiger partial charge in [0, 0.05) is 5.02 Å². The Morgan fingerprint density at radius 2 is 2.10 bits per heavy atom. The Morgan fingerprint density at radius 3 is 3.00 bits per heavy atom. The maximum atomic E-state index is 12.1. The molecular weight excluding hydrogens is 408 g/mol. The molecule has 0 fully saturated rings. The average molecular weight is 429 g/mol. The number of ether oxygens (including phenoxy) is 1. The highest BCUT2D eigenvalue weighted by Crippen LogP contribution is 2.26. The third kappa shape index (κ3) is 5.10. The van der Waals surface area contributed by atoms with E-state index < -0.39 is 0 Å². The molecule has 0 bridgehead atoms. The number of amides is 1. The van der Waals surface area contributed by atoms with Crippen molar-refractivity contribution in [1.29, 1.82) is 0 Å². The van der Waals surface area contributed by atoms with Gasteiger partial charge >= 0.3 is 0 Å². The van der Waals surface area contributed by atoms with E-state index in [4.69, 9.17) is 16.3 Å². The van der Waals surface area contributed by atoms with Gasteiger partial charge in [-0.2, -0.15) is 0 Å². The van der Waals surface area contributed by atoms with Gasteiger partial charge in [-0.1, -0.05) is 35.5 Å². The van der Waals surface area contributed by atoms with Crippen LogP contribution in [-0.4, -0.2) is 39.6 Å². The predicted molar refractivity (Wildman–Crippen MR) is 114 cm³/mol. The molecule has 4 rings (SSSR count). The highest BCUT2D eigenvalue weighted by atomic mass is 35.5. The zero-order valence-corrected chi connectivity index (χ0v) is 17.4. The van der Waals surface area contributed by atoms with Crippen molar-refractivity contribution in [2.75, 3.05) is 18.9 Å². The van der Waals surface area contributed by atoms with E-state index in [1.54, 1.807) is 17.0 Å². The first-order chi connectivity index (χ1) is 14.2. The molecule has 0 saturated heterocycles. The van der Waals surface area contributed by atoms with Gasteiger partial charge in [-0.15, -0.1) is 10.2 Å². The van der Waals surface area contributed by atoms with Crippen molar-refractivity contribution in [1.82, 2.24) is 20.1 Å². The minimum atomic E-state index is -0.0757. The summed E-state index contributed by atoms with van der Waals surface area (Å²) in [5.74, 6) is 1.04. The van der Waals surface area contributed by atoms with Crippen LogP contribution in [0.2, 0.25) is 5.02 Å². The number of halogens is 1. The van der Waals surface area contributed by atoms with Gasteiger partial charge in [-0.25, -0.2) is 0 Å². The Bertz CT molecular complexity index is 1010. The number of carbonyl (C=O) groups is 1. The molecule has 0 spiro atoms. The number of hydrogen-bond donors (Lipinski definition) is 1. The Morgan fingerprint density at radius 1 is 1.21 bits per heavy atom. The van der Waals surface area contributed by atoms with E-state index >= 15 is 0 Å². The van der Waals surface area contributed by atoms with E-state index in [-0.39, 0.29) is 11.7 Å². The molecule has 1 aliphatic carbocycles. The summed E-state index contributed by atoms with van der Waals surface area (Å²) in [5, 5.41) is 12.2. The largest absolute Gasteiger partial charge is 0.492 e. The summed E-state index contributed by atoms with van der Waals surface area (Å²) in [5.41, 5.74) is 3.66. The summed E-state index contributed by atoms with van der Waals surface area (Å²) in [6, 6.07) is 13.7. The molecule has 3 aromatic rings. The van der Waals surface area contributed by atoms with Crippen LogP contribution in [0, 0.1) is 0 Å². The summed E-state index contributed by atoms with van der Waals surface area (Å²) in [6.07, 6.45) is 5.11. The van der Waals surface area contributed by atoms with Crippen LogP contribution in [0.3, 0.4) is 0 Å². The van der Waals surface area contributed by atoms with Crippen LogP contribution in [0.15, 0.2) is 53.9 Å².